The fraction of sp³-hybridized carbons (Fsp3) is 0.375. The van der Waals surface area contributed by atoms with Gasteiger partial charge in [-0.3, -0.25) is 5.32 Å². The van der Waals surface area contributed by atoms with Crippen LogP contribution < -0.4 is 10.6 Å². The molecule has 84 valence electrons. The molecule has 15 heavy (non-hydrogen) atoms. The van der Waals surface area contributed by atoms with Crippen LogP contribution in [0, 0.1) is 0 Å². The summed E-state index contributed by atoms with van der Waals surface area (Å²) in [6, 6.07) is 0.494. The number of hydrogen-bond acceptors (Lipinski definition) is 2. The molecule has 0 radical (unpaired) electrons. The third-order valence-corrected chi connectivity index (χ3v) is 2.48. The van der Waals surface area contributed by atoms with E-state index in [1.165, 1.54) is 11.3 Å². The first-order valence-electron chi connectivity index (χ1n) is 4.14. The van der Waals surface area contributed by atoms with Crippen LogP contribution in [-0.2, 0) is 6.42 Å². The van der Waals surface area contributed by atoms with E-state index in [1.54, 1.807) is 11.4 Å². The Morgan fingerprint density at radius 2 is 2.20 bits per heavy atom. The molecular weight excluding hydrogens is 229 g/mol. The van der Waals surface area contributed by atoms with Crippen molar-refractivity contribution in [1.82, 2.24) is 5.32 Å². The lowest BCUT2D eigenvalue weighted by Gasteiger charge is -2.09. The Morgan fingerprint density at radius 1 is 1.53 bits per heavy atom. The number of nitrogens with one attached hydrogen (secondary N) is 2. The molecule has 2 N–H and O–H groups in total. The predicted molar refractivity (Wildman–Crippen MR) is 51.9 cm³/mol. The molecule has 0 unspecified atom stereocenters. The Kier molecular flexibility index (Phi) is 3.57. The number of alkyl halides is 3. The second kappa shape index (κ2) is 4.52. The second-order valence-corrected chi connectivity index (χ2v) is 3.62. The zero-order chi connectivity index (χ0) is 11.5. The van der Waals surface area contributed by atoms with Gasteiger partial charge in [-0.25, -0.2) is 10.1 Å². The first-order chi connectivity index (χ1) is 6.92. The summed E-state index contributed by atoms with van der Waals surface area (Å²) in [6.07, 6.45) is -4.04. The molecule has 0 fully saturated rings. The smallest absolute Gasteiger partial charge is 0.299 e. The van der Waals surface area contributed by atoms with Crippen LogP contribution in [0.5, 0.6) is 0 Å². The minimum Gasteiger partial charge on any atom is -0.299 e. The monoisotopic (exact) mass is 238 g/mol. The van der Waals surface area contributed by atoms with E-state index in [9.17, 15) is 18.0 Å². The summed E-state index contributed by atoms with van der Waals surface area (Å²) in [5.74, 6) is 0. The van der Waals surface area contributed by atoms with Crippen molar-refractivity contribution in [3.05, 3.63) is 17.0 Å². The summed E-state index contributed by atoms with van der Waals surface area (Å²) < 4.78 is 35.2. The Balaban J connectivity index is 2.59. The number of rotatable bonds is 2. The molecule has 0 aromatic carbocycles. The normalized spacial score (nSPS) is 11.2. The Hall–Kier alpha value is -1.24. The van der Waals surface area contributed by atoms with E-state index in [-0.39, 0.29) is 0 Å². The van der Waals surface area contributed by atoms with Crippen molar-refractivity contribution >= 4 is 22.4 Å². The molecule has 1 rings (SSSR count). The van der Waals surface area contributed by atoms with E-state index in [4.69, 9.17) is 0 Å². The highest BCUT2D eigenvalue weighted by atomic mass is 32.1. The van der Waals surface area contributed by atoms with Crippen LogP contribution >= 0.6 is 11.3 Å². The number of carbonyl (C=O) groups is 1. The average molecular weight is 238 g/mol. The predicted octanol–water partition coefficient (Wildman–Crippen LogP) is 2.95. The largest absolute Gasteiger partial charge is 0.485 e. The number of anilines is 1. The van der Waals surface area contributed by atoms with Gasteiger partial charge in [0.05, 0.1) is 5.00 Å². The Morgan fingerprint density at radius 3 is 2.73 bits per heavy atom. The molecule has 0 saturated carbocycles. The van der Waals surface area contributed by atoms with Crippen molar-refractivity contribution < 1.29 is 18.0 Å². The van der Waals surface area contributed by atoms with Gasteiger partial charge in [0.2, 0.25) is 0 Å². The molecule has 3 nitrogen and oxygen atoms in total. The minimum absolute atomic E-state index is 0.444. The van der Waals surface area contributed by atoms with Gasteiger partial charge in [0.15, 0.2) is 0 Å². The standard InChI is InChI=1S/C8H9F3N2OS/c1-2-5-3-4-15-6(5)12-7(14)13-8(9,10)11/h3-4H,2H2,1H3,(H2,12,13,14). The highest BCUT2D eigenvalue weighted by Gasteiger charge is 2.30. The fourth-order valence-electron chi connectivity index (χ4n) is 0.987. The summed E-state index contributed by atoms with van der Waals surface area (Å²) in [7, 11) is 0. The quantitative estimate of drug-likeness (QED) is 0.764. The number of halogens is 3. The summed E-state index contributed by atoms with van der Waals surface area (Å²) in [4.78, 5) is 10.9. The van der Waals surface area contributed by atoms with Crippen LogP contribution in [0.4, 0.5) is 23.0 Å². The molecule has 0 saturated heterocycles. The van der Waals surface area contributed by atoms with Crippen LogP contribution in [-0.4, -0.2) is 12.3 Å². The van der Waals surface area contributed by atoms with Gasteiger partial charge in [-0.2, -0.15) is 13.2 Å². The third kappa shape index (κ3) is 3.78. The van der Waals surface area contributed by atoms with E-state index in [0.29, 0.717) is 11.4 Å². The molecule has 2 amide bonds. The van der Waals surface area contributed by atoms with Crippen LogP contribution in [0.1, 0.15) is 12.5 Å². The third-order valence-electron chi connectivity index (χ3n) is 1.61. The van der Waals surface area contributed by atoms with Crippen molar-refractivity contribution in [3.63, 3.8) is 0 Å². The number of thiophene rings is 1. The van der Waals surface area contributed by atoms with Crippen LogP contribution in [0.25, 0.3) is 0 Å². The summed E-state index contributed by atoms with van der Waals surface area (Å²) in [5, 5.41) is 5.17. The Labute approximate surface area is 88.3 Å². The number of amides is 2. The van der Waals surface area contributed by atoms with Gasteiger partial charge in [-0.1, -0.05) is 6.92 Å². The topological polar surface area (TPSA) is 41.1 Å². The van der Waals surface area contributed by atoms with Gasteiger partial charge in [0.1, 0.15) is 0 Å². The summed E-state index contributed by atoms with van der Waals surface area (Å²) >= 11 is 1.19. The van der Waals surface area contributed by atoms with Gasteiger partial charge in [0, 0.05) is 0 Å². The minimum atomic E-state index is -4.70. The van der Waals surface area contributed by atoms with Gasteiger partial charge in [-0.05, 0) is 23.4 Å². The van der Waals surface area contributed by atoms with Gasteiger partial charge >= 0.3 is 12.3 Å². The molecule has 0 aliphatic heterocycles. The van der Waals surface area contributed by atoms with E-state index in [1.807, 2.05) is 6.92 Å². The van der Waals surface area contributed by atoms with Crippen molar-refractivity contribution in [2.45, 2.75) is 19.6 Å². The first-order valence-corrected chi connectivity index (χ1v) is 5.02. The maximum absolute atomic E-state index is 11.7. The molecule has 1 heterocycles. The molecule has 7 heteroatoms. The Bertz CT molecular complexity index is 348. The molecule has 0 aliphatic rings. The summed E-state index contributed by atoms with van der Waals surface area (Å²) in [5.41, 5.74) is 0.817. The number of carbonyl (C=O) groups excluding carboxylic acids is 1. The van der Waals surface area contributed by atoms with Crippen molar-refractivity contribution in [1.29, 1.82) is 0 Å². The zero-order valence-corrected chi connectivity index (χ0v) is 8.63. The lowest BCUT2D eigenvalue weighted by molar-refractivity contribution is -0.144. The van der Waals surface area contributed by atoms with Gasteiger partial charge in [0.25, 0.3) is 0 Å². The SMILES string of the molecule is CCc1ccsc1NC(=O)NC(F)(F)F. The number of hydrogen-bond donors (Lipinski definition) is 2. The van der Waals surface area contributed by atoms with E-state index in [0.717, 1.165) is 10.9 Å². The first kappa shape index (κ1) is 11.8. The molecule has 0 aliphatic carbocycles. The van der Waals surface area contributed by atoms with Gasteiger partial charge in [-0.15, -0.1) is 11.3 Å². The molecule has 1 aromatic heterocycles. The van der Waals surface area contributed by atoms with Crippen LogP contribution in [0.15, 0.2) is 11.4 Å². The van der Waals surface area contributed by atoms with Crippen LogP contribution in [0.3, 0.4) is 0 Å². The highest BCUT2D eigenvalue weighted by molar-refractivity contribution is 7.14. The summed E-state index contributed by atoms with van der Waals surface area (Å²) in [6.45, 7) is 1.86. The number of urea groups is 1. The average Bonchev–Trinajstić information content (AvgIpc) is 2.48. The lowest BCUT2D eigenvalue weighted by atomic mass is 10.2. The lowest BCUT2D eigenvalue weighted by Crippen LogP contribution is -2.40. The molecule has 0 atom stereocenters. The van der Waals surface area contributed by atoms with E-state index >= 15 is 0 Å². The molecule has 1 aromatic rings. The van der Waals surface area contributed by atoms with E-state index < -0.39 is 12.3 Å². The maximum Gasteiger partial charge on any atom is 0.485 e. The van der Waals surface area contributed by atoms with Crippen LogP contribution in [0.2, 0.25) is 0 Å². The van der Waals surface area contributed by atoms with Crippen molar-refractivity contribution in [3.8, 4) is 0 Å². The van der Waals surface area contributed by atoms with Crippen molar-refractivity contribution in [2.75, 3.05) is 5.32 Å². The molecular formula is C8H9F3N2OS. The fourth-order valence-corrected chi connectivity index (χ4v) is 1.87. The molecule has 0 bridgehead atoms. The van der Waals surface area contributed by atoms with E-state index in [2.05, 4.69) is 5.32 Å². The molecule has 0 spiro atoms. The van der Waals surface area contributed by atoms with Gasteiger partial charge < -0.3 is 0 Å². The maximum atomic E-state index is 11.7. The van der Waals surface area contributed by atoms with Crippen molar-refractivity contribution in [2.24, 2.45) is 0 Å². The second-order valence-electron chi connectivity index (χ2n) is 2.71. The highest BCUT2D eigenvalue weighted by Crippen LogP contribution is 2.23. The number of aryl methyl sites for hydroxylation is 1. The zero-order valence-electron chi connectivity index (χ0n) is 7.81.